The second kappa shape index (κ2) is 12.0. The van der Waals surface area contributed by atoms with Crippen molar-refractivity contribution in [3.05, 3.63) is 105 Å². The SMILES string of the molecule is Cn1cc(-c2cccc(N3CCc4cc(C5CC5)ccc4C3=O)c2CO)nc(Nc2ccc(C(=O)N3CCC(F)(F)CC3)cc2)c1=O. The average molecular weight is 640 g/mol. The van der Waals surface area contributed by atoms with Crippen molar-refractivity contribution in [2.45, 2.75) is 50.6 Å². The number of piperidine rings is 1. The molecule has 2 N–H and O–H groups in total. The Balaban J connectivity index is 1.14. The summed E-state index contributed by atoms with van der Waals surface area (Å²) in [5.74, 6) is -2.54. The monoisotopic (exact) mass is 639 g/mol. The lowest BCUT2D eigenvalue weighted by Gasteiger charge is -2.31. The molecule has 2 amide bonds. The predicted molar refractivity (Wildman–Crippen MR) is 174 cm³/mol. The van der Waals surface area contributed by atoms with Crippen LogP contribution in [-0.2, 0) is 20.1 Å². The number of halogens is 2. The van der Waals surface area contributed by atoms with Gasteiger partial charge in [-0.1, -0.05) is 24.3 Å². The van der Waals surface area contributed by atoms with Crippen molar-refractivity contribution in [3.8, 4) is 11.3 Å². The fourth-order valence-electron chi connectivity index (χ4n) is 6.51. The molecule has 7 rings (SSSR count). The molecule has 0 atom stereocenters. The van der Waals surface area contributed by atoms with E-state index in [1.165, 1.54) is 27.9 Å². The van der Waals surface area contributed by atoms with Gasteiger partial charge in [-0.25, -0.2) is 13.8 Å². The fourth-order valence-corrected chi connectivity index (χ4v) is 6.51. The minimum Gasteiger partial charge on any atom is -0.392 e. The van der Waals surface area contributed by atoms with Crippen molar-refractivity contribution >= 4 is 29.0 Å². The zero-order chi connectivity index (χ0) is 32.9. The number of benzene rings is 3. The first-order chi connectivity index (χ1) is 22.6. The van der Waals surface area contributed by atoms with Gasteiger partial charge in [0.15, 0.2) is 5.82 Å². The Morgan fingerprint density at radius 3 is 2.45 bits per heavy atom. The van der Waals surface area contributed by atoms with Crippen LogP contribution in [0, 0.1) is 0 Å². The molecule has 4 aromatic rings. The topological polar surface area (TPSA) is 108 Å². The minimum atomic E-state index is -2.74. The predicted octanol–water partition coefficient (Wildman–Crippen LogP) is 5.63. The highest BCUT2D eigenvalue weighted by Crippen LogP contribution is 2.41. The number of carbonyl (C=O) groups excluding carboxylic acids is 2. The molecule has 3 heterocycles. The Morgan fingerprint density at radius 2 is 1.74 bits per heavy atom. The fraction of sp³-hybridized carbons (Fsp3) is 0.333. The number of likely N-dealkylation sites (tertiary alicyclic amines) is 1. The molecule has 1 aromatic heterocycles. The van der Waals surface area contributed by atoms with E-state index in [4.69, 9.17) is 0 Å². The molecule has 1 saturated carbocycles. The van der Waals surface area contributed by atoms with E-state index in [-0.39, 0.29) is 50.2 Å². The van der Waals surface area contributed by atoms with Crippen LogP contribution in [0.4, 0.5) is 26.0 Å². The first-order valence-electron chi connectivity index (χ1n) is 15.9. The number of rotatable bonds is 7. The number of aliphatic hydroxyl groups is 1. The summed E-state index contributed by atoms with van der Waals surface area (Å²) in [6, 6.07) is 18.0. The quantitative estimate of drug-likeness (QED) is 0.271. The van der Waals surface area contributed by atoms with Gasteiger partial charge in [0.25, 0.3) is 23.3 Å². The lowest BCUT2D eigenvalue weighted by Crippen LogP contribution is -2.42. The van der Waals surface area contributed by atoms with E-state index < -0.39 is 11.5 Å². The van der Waals surface area contributed by atoms with Gasteiger partial charge in [0.1, 0.15) is 0 Å². The van der Waals surface area contributed by atoms with Crippen LogP contribution in [0.5, 0.6) is 0 Å². The van der Waals surface area contributed by atoms with E-state index in [1.54, 1.807) is 48.5 Å². The standard InChI is InChI=1S/C36H35F2N5O4/c1-41-20-30(40-32(35(41)47)39-26-10-7-23(8-11-26)33(45)42-17-14-36(37,38)15-18-42)28-3-2-4-31(29(28)21-44)43-16-13-25-19-24(22-5-6-22)9-12-27(25)34(43)46/h2-4,7-12,19-20,22,44H,5-6,13-18,21H2,1H3,(H,39,40). The van der Waals surface area contributed by atoms with Gasteiger partial charge in [0, 0.05) is 73.7 Å². The van der Waals surface area contributed by atoms with Crippen molar-refractivity contribution in [1.82, 2.24) is 14.5 Å². The maximum absolute atomic E-state index is 13.7. The number of nitrogens with one attached hydrogen (secondary N) is 1. The van der Waals surface area contributed by atoms with Gasteiger partial charge in [-0.15, -0.1) is 0 Å². The molecule has 1 aliphatic carbocycles. The molecular formula is C36H35F2N5O4. The summed E-state index contributed by atoms with van der Waals surface area (Å²) in [5, 5.41) is 13.6. The molecule has 3 aromatic carbocycles. The van der Waals surface area contributed by atoms with Crippen molar-refractivity contribution < 1.29 is 23.5 Å². The van der Waals surface area contributed by atoms with Gasteiger partial charge in [-0.2, -0.15) is 0 Å². The Bertz CT molecular complexity index is 1930. The molecule has 242 valence electrons. The van der Waals surface area contributed by atoms with Crippen molar-refractivity contribution in [2.24, 2.45) is 7.05 Å². The summed E-state index contributed by atoms with van der Waals surface area (Å²) < 4.78 is 28.5. The second-order valence-electron chi connectivity index (χ2n) is 12.6. The second-order valence-corrected chi connectivity index (χ2v) is 12.6. The normalized spacial score (nSPS) is 17.4. The zero-order valence-corrected chi connectivity index (χ0v) is 26.0. The number of aryl methyl sites for hydroxylation is 1. The molecular weight excluding hydrogens is 604 g/mol. The molecule has 3 aliphatic rings. The smallest absolute Gasteiger partial charge is 0.293 e. The molecule has 2 aliphatic heterocycles. The van der Waals surface area contributed by atoms with Gasteiger partial charge < -0.3 is 24.8 Å². The van der Waals surface area contributed by atoms with Gasteiger partial charge in [0.2, 0.25) is 0 Å². The minimum absolute atomic E-state index is 0.00392. The van der Waals surface area contributed by atoms with Crippen LogP contribution >= 0.6 is 0 Å². The molecule has 47 heavy (non-hydrogen) atoms. The number of carbonyl (C=O) groups is 2. The van der Waals surface area contributed by atoms with Gasteiger partial charge in [-0.3, -0.25) is 14.4 Å². The number of hydrogen-bond acceptors (Lipinski definition) is 6. The third-order valence-corrected chi connectivity index (χ3v) is 9.38. The Kier molecular flexibility index (Phi) is 7.87. The van der Waals surface area contributed by atoms with E-state index in [1.807, 2.05) is 24.3 Å². The lowest BCUT2D eigenvalue weighted by atomic mass is 9.93. The van der Waals surface area contributed by atoms with E-state index in [2.05, 4.69) is 16.4 Å². The highest BCUT2D eigenvalue weighted by Gasteiger charge is 2.36. The number of amides is 2. The first kappa shape index (κ1) is 30.7. The van der Waals surface area contributed by atoms with E-state index >= 15 is 0 Å². The van der Waals surface area contributed by atoms with E-state index in [0.717, 1.165) is 5.56 Å². The molecule has 2 fully saturated rings. The molecule has 1 saturated heterocycles. The third kappa shape index (κ3) is 6.03. The average Bonchev–Trinajstić information content (AvgIpc) is 3.92. The maximum atomic E-state index is 13.7. The Morgan fingerprint density at radius 1 is 1.00 bits per heavy atom. The van der Waals surface area contributed by atoms with Crippen LogP contribution in [0.25, 0.3) is 11.3 Å². The Hall–Kier alpha value is -4.90. The van der Waals surface area contributed by atoms with E-state index in [0.29, 0.717) is 58.2 Å². The van der Waals surface area contributed by atoms with Crippen molar-refractivity contribution in [2.75, 3.05) is 29.9 Å². The summed E-state index contributed by atoms with van der Waals surface area (Å²) in [5.41, 5.74) is 5.62. The number of alkyl halides is 2. The zero-order valence-electron chi connectivity index (χ0n) is 26.0. The third-order valence-electron chi connectivity index (χ3n) is 9.38. The molecule has 9 nitrogen and oxygen atoms in total. The molecule has 0 spiro atoms. The summed E-state index contributed by atoms with van der Waals surface area (Å²) in [6.45, 7) is 0.124. The largest absolute Gasteiger partial charge is 0.392 e. The number of aromatic nitrogens is 2. The van der Waals surface area contributed by atoms with Gasteiger partial charge >= 0.3 is 0 Å². The molecule has 0 bridgehead atoms. The summed E-state index contributed by atoms with van der Waals surface area (Å²) in [7, 11) is 1.60. The summed E-state index contributed by atoms with van der Waals surface area (Å²) in [4.78, 5) is 47.4. The first-order valence-corrected chi connectivity index (χ1v) is 15.9. The van der Waals surface area contributed by atoms with Crippen LogP contribution in [0.15, 0.2) is 71.7 Å². The van der Waals surface area contributed by atoms with Crippen molar-refractivity contribution in [1.29, 1.82) is 0 Å². The number of fused-ring (bicyclic) bond motifs is 1. The lowest BCUT2D eigenvalue weighted by molar-refractivity contribution is -0.0494. The number of nitrogens with zero attached hydrogens (tertiary/aromatic N) is 4. The highest BCUT2D eigenvalue weighted by atomic mass is 19.3. The summed E-state index contributed by atoms with van der Waals surface area (Å²) in [6.07, 6.45) is 3.98. The maximum Gasteiger partial charge on any atom is 0.293 e. The van der Waals surface area contributed by atoms with Gasteiger partial charge in [-0.05, 0) is 72.7 Å². The van der Waals surface area contributed by atoms with E-state index in [9.17, 15) is 28.3 Å². The number of hydrogen-bond donors (Lipinski definition) is 2. The van der Waals surface area contributed by atoms with Crippen LogP contribution in [0.2, 0.25) is 0 Å². The summed E-state index contributed by atoms with van der Waals surface area (Å²) >= 11 is 0. The van der Waals surface area contributed by atoms with Crippen molar-refractivity contribution in [3.63, 3.8) is 0 Å². The Labute approximate surface area is 270 Å². The number of aliphatic hydroxyl groups excluding tert-OH is 1. The molecule has 11 heteroatoms. The molecule has 0 unspecified atom stereocenters. The van der Waals surface area contributed by atoms with Crippen LogP contribution in [0.3, 0.4) is 0 Å². The number of anilines is 3. The van der Waals surface area contributed by atoms with Crippen LogP contribution < -0.4 is 15.8 Å². The van der Waals surface area contributed by atoms with Crippen LogP contribution in [-0.4, -0.2) is 56.9 Å². The molecule has 0 radical (unpaired) electrons. The highest BCUT2D eigenvalue weighted by molar-refractivity contribution is 6.09. The van der Waals surface area contributed by atoms with Gasteiger partial charge in [0.05, 0.1) is 18.0 Å². The van der Waals surface area contributed by atoms with Crippen LogP contribution in [0.1, 0.15) is 69.0 Å².